The molecule has 4 rings (SSSR count). The summed E-state index contributed by atoms with van der Waals surface area (Å²) >= 11 is 0. The van der Waals surface area contributed by atoms with Crippen LogP contribution >= 0.6 is 0 Å². The van der Waals surface area contributed by atoms with Crippen molar-refractivity contribution in [3.8, 4) is 11.3 Å². The van der Waals surface area contributed by atoms with Crippen molar-refractivity contribution in [3.63, 3.8) is 0 Å². The molecule has 2 aromatic carbocycles. The first kappa shape index (κ1) is 17.9. The summed E-state index contributed by atoms with van der Waals surface area (Å²) in [6, 6.07) is 19.3. The molecule has 0 spiro atoms. The normalized spacial score (nSPS) is 11.2. The first-order valence-corrected chi connectivity index (χ1v) is 9.20. The van der Waals surface area contributed by atoms with Crippen molar-refractivity contribution in [2.75, 3.05) is 0 Å². The zero-order valence-electron chi connectivity index (χ0n) is 15.7. The Balaban J connectivity index is 1.77. The van der Waals surface area contributed by atoms with Crippen molar-refractivity contribution in [2.24, 2.45) is 0 Å². The average molecular weight is 372 g/mol. The van der Waals surface area contributed by atoms with Crippen LogP contribution in [0.5, 0.6) is 0 Å². The maximum atomic E-state index is 11.9. The molecule has 4 aromatic rings. The monoisotopic (exact) mass is 372 g/mol. The molecule has 0 unspecified atom stereocenters. The van der Waals surface area contributed by atoms with Crippen LogP contribution < -0.4 is 0 Å². The van der Waals surface area contributed by atoms with E-state index < -0.39 is 5.97 Å². The SMILES string of the molecule is CC(C)c1ccc(Cc2noc3nc(-c4ccccc4)cc(C(=O)O)c23)cc1. The maximum Gasteiger partial charge on any atom is 0.336 e. The number of carbonyl (C=O) groups is 1. The van der Waals surface area contributed by atoms with Gasteiger partial charge >= 0.3 is 5.97 Å². The molecule has 140 valence electrons. The van der Waals surface area contributed by atoms with E-state index in [1.54, 1.807) is 6.07 Å². The van der Waals surface area contributed by atoms with Crippen LogP contribution in [0.4, 0.5) is 0 Å². The van der Waals surface area contributed by atoms with E-state index in [4.69, 9.17) is 4.52 Å². The summed E-state index contributed by atoms with van der Waals surface area (Å²) in [6.07, 6.45) is 0.484. The largest absolute Gasteiger partial charge is 0.478 e. The second kappa shape index (κ2) is 7.27. The first-order valence-electron chi connectivity index (χ1n) is 9.20. The molecule has 0 fully saturated rings. The Labute approximate surface area is 162 Å². The highest BCUT2D eigenvalue weighted by Gasteiger charge is 2.20. The molecule has 2 heterocycles. The lowest BCUT2D eigenvalue weighted by atomic mass is 9.99. The third-order valence-electron chi connectivity index (χ3n) is 4.84. The summed E-state index contributed by atoms with van der Waals surface area (Å²) in [6.45, 7) is 4.30. The van der Waals surface area contributed by atoms with Gasteiger partial charge in [-0.3, -0.25) is 0 Å². The molecule has 0 aliphatic carbocycles. The summed E-state index contributed by atoms with van der Waals surface area (Å²) in [7, 11) is 0. The average Bonchev–Trinajstić information content (AvgIpc) is 3.11. The number of benzene rings is 2. The fraction of sp³-hybridized carbons (Fsp3) is 0.174. The van der Waals surface area contributed by atoms with Crippen LogP contribution in [0, 0.1) is 0 Å². The maximum absolute atomic E-state index is 11.9. The predicted molar refractivity (Wildman–Crippen MR) is 108 cm³/mol. The molecule has 0 bridgehead atoms. The number of hydrogen-bond donors (Lipinski definition) is 1. The minimum absolute atomic E-state index is 0.152. The highest BCUT2D eigenvalue weighted by molar-refractivity contribution is 6.03. The predicted octanol–water partition coefficient (Wildman–Crippen LogP) is 5.30. The fourth-order valence-corrected chi connectivity index (χ4v) is 3.27. The molecule has 0 saturated heterocycles. The Morgan fingerprint density at radius 3 is 2.43 bits per heavy atom. The van der Waals surface area contributed by atoms with Crippen molar-refractivity contribution < 1.29 is 14.4 Å². The van der Waals surface area contributed by atoms with Gasteiger partial charge in [-0.1, -0.05) is 73.6 Å². The number of fused-ring (bicyclic) bond motifs is 1. The minimum Gasteiger partial charge on any atom is -0.478 e. The first-order chi connectivity index (χ1) is 13.5. The Bertz CT molecular complexity index is 1130. The van der Waals surface area contributed by atoms with Gasteiger partial charge in [0.1, 0.15) is 0 Å². The van der Waals surface area contributed by atoms with Gasteiger partial charge in [-0.25, -0.2) is 9.78 Å². The highest BCUT2D eigenvalue weighted by Crippen LogP contribution is 2.28. The van der Waals surface area contributed by atoms with E-state index >= 15 is 0 Å². The van der Waals surface area contributed by atoms with Crippen LogP contribution in [0.2, 0.25) is 0 Å². The summed E-state index contributed by atoms with van der Waals surface area (Å²) in [5, 5.41) is 14.3. The van der Waals surface area contributed by atoms with Crippen molar-refractivity contribution >= 4 is 17.1 Å². The minimum atomic E-state index is -1.02. The zero-order chi connectivity index (χ0) is 19.7. The van der Waals surface area contributed by atoms with Gasteiger partial charge in [-0.2, -0.15) is 0 Å². The third-order valence-corrected chi connectivity index (χ3v) is 4.84. The summed E-state index contributed by atoms with van der Waals surface area (Å²) in [4.78, 5) is 16.4. The van der Waals surface area contributed by atoms with E-state index in [0.29, 0.717) is 29.1 Å². The van der Waals surface area contributed by atoms with Gasteiger partial charge in [0, 0.05) is 12.0 Å². The number of carboxylic acids is 1. The highest BCUT2D eigenvalue weighted by atomic mass is 16.5. The molecule has 0 aliphatic rings. The zero-order valence-corrected chi connectivity index (χ0v) is 15.7. The molecule has 0 atom stereocenters. The number of rotatable bonds is 5. The van der Waals surface area contributed by atoms with Crippen molar-refractivity contribution in [1.82, 2.24) is 10.1 Å². The van der Waals surface area contributed by atoms with Crippen LogP contribution in [0.1, 0.15) is 46.9 Å². The molecule has 28 heavy (non-hydrogen) atoms. The Morgan fingerprint density at radius 2 is 1.79 bits per heavy atom. The summed E-state index contributed by atoms with van der Waals surface area (Å²) in [5.74, 6) is -0.565. The molecule has 2 aromatic heterocycles. The Kier molecular flexibility index (Phi) is 4.65. The Morgan fingerprint density at radius 1 is 1.07 bits per heavy atom. The lowest BCUT2D eigenvalue weighted by Crippen LogP contribution is -2.01. The van der Waals surface area contributed by atoms with Gasteiger partial charge in [-0.15, -0.1) is 0 Å². The van der Waals surface area contributed by atoms with Crippen LogP contribution in [0.15, 0.2) is 65.2 Å². The molecule has 5 nitrogen and oxygen atoms in total. The molecular formula is C23H20N2O3. The van der Waals surface area contributed by atoms with E-state index in [1.165, 1.54) is 5.56 Å². The van der Waals surface area contributed by atoms with E-state index in [1.807, 2.05) is 42.5 Å². The lowest BCUT2D eigenvalue weighted by Gasteiger charge is -2.07. The molecule has 5 heteroatoms. The number of pyridine rings is 1. The number of aromatic nitrogens is 2. The molecule has 1 N–H and O–H groups in total. The number of carboxylic acid groups (broad SMARTS) is 1. The van der Waals surface area contributed by atoms with Crippen molar-refractivity contribution in [1.29, 1.82) is 0 Å². The van der Waals surface area contributed by atoms with Crippen LogP contribution in [0.3, 0.4) is 0 Å². The second-order valence-electron chi connectivity index (χ2n) is 7.11. The van der Waals surface area contributed by atoms with E-state index in [0.717, 1.165) is 11.1 Å². The van der Waals surface area contributed by atoms with Crippen LogP contribution in [-0.2, 0) is 6.42 Å². The van der Waals surface area contributed by atoms with Gasteiger partial charge in [0.2, 0.25) is 0 Å². The fourth-order valence-electron chi connectivity index (χ4n) is 3.27. The van der Waals surface area contributed by atoms with Gasteiger partial charge in [0.05, 0.1) is 22.3 Å². The van der Waals surface area contributed by atoms with Crippen LogP contribution in [0.25, 0.3) is 22.4 Å². The van der Waals surface area contributed by atoms with E-state index in [-0.39, 0.29) is 11.3 Å². The van der Waals surface area contributed by atoms with Gasteiger partial charge in [0.15, 0.2) is 0 Å². The standard InChI is InChI=1S/C23H20N2O3/c1-14(2)16-10-8-15(9-11-16)12-20-21-18(23(26)27)13-19(24-22(21)28-25-20)17-6-4-3-5-7-17/h3-11,13-14H,12H2,1-2H3,(H,26,27). The third kappa shape index (κ3) is 3.39. The van der Waals surface area contributed by atoms with Gasteiger partial charge in [0.25, 0.3) is 5.71 Å². The number of hydrogen-bond acceptors (Lipinski definition) is 4. The van der Waals surface area contributed by atoms with Crippen molar-refractivity contribution in [2.45, 2.75) is 26.2 Å². The number of nitrogens with zero attached hydrogens (tertiary/aromatic N) is 2. The molecule has 0 amide bonds. The molecule has 0 saturated carbocycles. The number of aromatic carboxylic acids is 1. The smallest absolute Gasteiger partial charge is 0.336 e. The quantitative estimate of drug-likeness (QED) is 0.514. The van der Waals surface area contributed by atoms with Gasteiger partial charge < -0.3 is 9.63 Å². The van der Waals surface area contributed by atoms with E-state index in [9.17, 15) is 9.90 Å². The second-order valence-corrected chi connectivity index (χ2v) is 7.11. The molecule has 0 radical (unpaired) electrons. The topological polar surface area (TPSA) is 76.2 Å². The Hall–Kier alpha value is -3.47. The summed E-state index contributed by atoms with van der Waals surface area (Å²) in [5.41, 5.74) is 4.66. The van der Waals surface area contributed by atoms with Crippen molar-refractivity contribution in [3.05, 3.63) is 83.0 Å². The summed E-state index contributed by atoms with van der Waals surface area (Å²) < 4.78 is 5.41. The molecular weight excluding hydrogens is 352 g/mol. The lowest BCUT2D eigenvalue weighted by molar-refractivity contribution is 0.0699. The van der Waals surface area contributed by atoms with Crippen LogP contribution in [-0.4, -0.2) is 21.2 Å². The van der Waals surface area contributed by atoms with Gasteiger partial charge in [-0.05, 0) is 23.1 Å². The molecule has 0 aliphatic heterocycles. The van der Waals surface area contributed by atoms with E-state index in [2.05, 4.69) is 36.1 Å².